The molecule has 0 spiro atoms. The molecule has 0 radical (unpaired) electrons. The van der Waals surface area contributed by atoms with E-state index in [1.165, 1.54) is 0 Å². The molecule has 8 heteroatoms. The number of carbonyl (C=O) groups is 2. The van der Waals surface area contributed by atoms with Crippen LogP contribution in [0.25, 0.3) is 0 Å². The number of benzene rings is 1. The van der Waals surface area contributed by atoms with E-state index in [4.69, 9.17) is 14.6 Å². The predicted molar refractivity (Wildman–Crippen MR) is 70.6 cm³/mol. The molecule has 1 fully saturated rings. The Morgan fingerprint density at radius 2 is 1.68 bits per heavy atom. The lowest BCUT2D eigenvalue weighted by Gasteiger charge is -2.37. The van der Waals surface area contributed by atoms with Crippen molar-refractivity contribution in [3.63, 3.8) is 0 Å². The maximum absolute atomic E-state index is 11.8. The third-order valence-electron chi connectivity index (χ3n) is 3.25. The smallest absolute Gasteiger partial charge is 0.335 e. The summed E-state index contributed by atoms with van der Waals surface area (Å²) in [5, 5.41) is 37.7. The molecule has 120 valence electrons. The number of carboxylic acids is 1. The third-order valence-corrected chi connectivity index (χ3v) is 3.25. The molecule has 1 aliphatic heterocycles. The van der Waals surface area contributed by atoms with Gasteiger partial charge in [0.15, 0.2) is 6.10 Å². The molecule has 1 heterocycles. The molecule has 1 aromatic carbocycles. The fraction of sp³-hybridized carbons (Fsp3) is 0.429. The number of hydrogen-bond donors (Lipinski definition) is 4. The Hall–Kier alpha value is -2.00. The third kappa shape index (κ3) is 3.60. The Kier molecular flexibility index (Phi) is 5.09. The molecule has 0 aliphatic carbocycles. The molecule has 8 nitrogen and oxygen atoms in total. The number of ether oxygens (including phenoxy) is 2. The Bertz CT molecular complexity index is 531. The van der Waals surface area contributed by atoms with Gasteiger partial charge in [-0.15, -0.1) is 0 Å². The molecule has 0 aromatic heterocycles. The molecule has 0 bridgehead atoms. The summed E-state index contributed by atoms with van der Waals surface area (Å²) in [4.78, 5) is 22.7. The number of carbonyl (C=O) groups excluding carboxylic acids is 1. The maximum atomic E-state index is 11.8. The zero-order chi connectivity index (χ0) is 16.3. The first-order valence-electron chi connectivity index (χ1n) is 6.56. The normalized spacial score (nSPS) is 31.5. The second-order valence-corrected chi connectivity index (χ2v) is 4.89. The van der Waals surface area contributed by atoms with Crippen molar-refractivity contribution in [2.75, 3.05) is 0 Å². The molecule has 1 aliphatic rings. The Morgan fingerprint density at radius 3 is 2.27 bits per heavy atom. The number of carboxylic acid groups (broad SMARTS) is 1. The van der Waals surface area contributed by atoms with E-state index >= 15 is 0 Å². The summed E-state index contributed by atoms with van der Waals surface area (Å²) >= 11 is 0. The van der Waals surface area contributed by atoms with Gasteiger partial charge < -0.3 is 29.9 Å². The van der Waals surface area contributed by atoms with E-state index in [9.17, 15) is 24.9 Å². The van der Waals surface area contributed by atoms with Crippen LogP contribution in [0.3, 0.4) is 0 Å². The highest BCUT2D eigenvalue weighted by Gasteiger charge is 2.48. The molecule has 1 saturated heterocycles. The summed E-state index contributed by atoms with van der Waals surface area (Å²) in [5.41, 5.74) is 0.660. The van der Waals surface area contributed by atoms with E-state index < -0.39 is 42.6 Å². The van der Waals surface area contributed by atoms with Gasteiger partial charge in [0.2, 0.25) is 6.29 Å². The zero-order valence-electron chi connectivity index (χ0n) is 11.4. The standard InChI is InChI=1S/C14H16O8/c15-8(6-7-4-2-1-3-5-7)21-14-11(18)9(16)10(17)12(22-14)13(19)20/h1-5,9-12,14,16-18H,6H2,(H,19,20)/t9-,10-,11+,12-,14+/m0/s1. The fourth-order valence-corrected chi connectivity index (χ4v) is 2.08. The number of rotatable bonds is 4. The summed E-state index contributed by atoms with van der Waals surface area (Å²) in [6.45, 7) is 0. The van der Waals surface area contributed by atoms with Gasteiger partial charge in [0.05, 0.1) is 6.42 Å². The van der Waals surface area contributed by atoms with Crippen LogP contribution in [0.15, 0.2) is 30.3 Å². The molecule has 0 amide bonds. The molecule has 22 heavy (non-hydrogen) atoms. The molecule has 5 atom stereocenters. The first-order chi connectivity index (χ1) is 10.4. The van der Waals surface area contributed by atoms with Gasteiger partial charge in [0.1, 0.15) is 18.3 Å². The fourth-order valence-electron chi connectivity index (χ4n) is 2.08. The van der Waals surface area contributed by atoms with Crippen LogP contribution >= 0.6 is 0 Å². The van der Waals surface area contributed by atoms with Gasteiger partial charge in [-0.05, 0) is 5.56 Å². The summed E-state index contributed by atoms with van der Waals surface area (Å²) < 4.78 is 9.71. The van der Waals surface area contributed by atoms with Crippen molar-refractivity contribution in [1.29, 1.82) is 0 Å². The average molecular weight is 312 g/mol. The van der Waals surface area contributed by atoms with Gasteiger partial charge in [-0.2, -0.15) is 0 Å². The average Bonchev–Trinajstić information content (AvgIpc) is 2.48. The van der Waals surface area contributed by atoms with Crippen LogP contribution in [-0.2, 0) is 25.5 Å². The first-order valence-corrected chi connectivity index (χ1v) is 6.56. The highest BCUT2D eigenvalue weighted by molar-refractivity contribution is 5.74. The van der Waals surface area contributed by atoms with E-state index in [0.717, 1.165) is 0 Å². The van der Waals surface area contributed by atoms with Gasteiger partial charge in [0.25, 0.3) is 0 Å². The summed E-state index contributed by atoms with van der Waals surface area (Å²) in [7, 11) is 0. The van der Waals surface area contributed by atoms with Crippen molar-refractivity contribution < 1.29 is 39.5 Å². The van der Waals surface area contributed by atoms with Gasteiger partial charge in [0, 0.05) is 0 Å². The van der Waals surface area contributed by atoms with Crippen LogP contribution in [0.1, 0.15) is 5.56 Å². The number of esters is 1. The van der Waals surface area contributed by atoms with E-state index in [1.807, 2.05) is 0 Å². The quantitative estimate of drug-likeness (QED) is 0.502. The van der Waals surface area contributed by atoms with E-state index in [-0.39, 0.29) is 6.42 Å². The van der Waals surface area contributed by atoms with E-state index in [0.29, 0.717) is 5.56 Å². The molecule has 0 unspecified atom stereocenters. The molecule has 1 aromatic rings. The minimum Gasteiger partial charge on any atom is -0.479 e. The number of aliphatic carboxylic acids is 1. The number of aliphatic hydroxyl groups excluding tert-OH is 3. The summed E-state index contributed by atoms with van der Waals surface area (Å²) in [6.07, 6.45) is -8.95. The lowest BCUT2D eigenvalue weighted by atomic mass is 9.99. The van der Waals surface area contributed by atoms with Gasteiger partial charge in [-0.25, -0.2) is 4.79 Å². The highest BCUT2D eigenvalue weighted by atomic mass is 16.7. The topological polar surface area (TPSA) is 134 Å². The highest BCUT2D eigenvalue weighted by Crippen LogP contribution is 2.22. The monoisotopic (exact) mass is 312 g/mol. The van der Waals surface area contributed by atoms with E-state index in [2.05, 4.69) is 0 Å². The minimum absolute atomic E-state index is 0.107. The van der Waals surface area contributed by atoms with Crippen LogP contribution in [0.5, 0.6) is 0 Å². The van der Waals surface area contributed by atoms with Gasteiger partial charge >= 0.3 is 11.9 Å². The Labute approximate surface area is 125 Å². The van der Waals surface area contributed by atoms with Crippen LogP contribution < -0.4 is 0 Å². The molecular formula is C14H16O8. The molecular weight excluding hydrogens is 296 g/mol. The Balaban J connectivity index is 2.01. The molecule has 2 rings (SSSR count). The lowest BCUT2D eigenvalue weighted by molar-refractivity contribution is -0.286. The molecule has 0 saturated carbocycles. The SMILES string of the molecule is O=C(Cc1ccccc1)O[C@@H]1O[C@H](C(=O)O)[C@@H](O)[C@H](O)[C@H]1O. The maximum Gasteiger partial charge on any atom is 0.335 e. The lowest BCUT2D eigenvalue weighted by Crippen LogP contribution is -2.60. The minimum atomic E-state index is -1.82. The van der Waals surface area contributed by atoms with E-state index in [1.54, 1.807) is 30.3 Å². The van der Waals surface area contributed by atoms with Crippen molar-refractivity contribution >= 4 is 11.9 Å². The molecule has 4 N–H and O–H groups in total. The largest absolute Gasteiger partial charge is 0.479 e. The number of hydrogen-bond acceptors (Lipinski definition) is 7. The van der Waals surface area contributed by atoms with Crippen LogP contribution in [-0.4, -0.2) is 63.1 Å². The predicted octanol–water partition coefficient (Wildman–Crippen LogP) is -1.34. The second kappa shape index (κ2) is 6.84. The van der Waals surface area contributed by atoms with Crippen LogP contribution in [0.2, 0.25) is 0 Å². The summed E-state index contributed by atoms with van der Waals surface area (Å²) in [5.74, 6) is -2.30. The van der Waals surface area contributed by atoms with Crippen molar-refractivity contribution in [2.45, 2.75) is 37.1 Å². The van der Waals surface area contributed by atoms with Crippen LogP contribution in [0, 0.1) is 0 Å². The van der Waals surface area contributed by atoms with Crippen molar-refractivity contribution in [3.8, 4) is 0 Å². The summed E-state index contributed by atoms with van der Waals surface area (Å²) in [6, 6.07) is 8.62. The van der Waals surface area contributed by atoms with Crippen LogP contribution in [0.4, 0.5) is 0 Å². The van der Waals surface area contributed by atoms with Crippen molar-refractivity contribution in [2.24, 2.45) is 0 Å². The van der Waals surface area contributed by atoms with Crippen molar-refractivity contribution in [1.82, 2.24) is 0 Å². The second-order valence-electron chi connectivity index (χ2n) is 4.89. The van der Waals surface area contributed by atoms with Crippen molar-refractivity contribution in [3.05, 3.63) is 35.9 Å². The Morgan fingerprint density at radius 1 is 1.05 bits per heavy atom. The van der Waals surface area contributed by atoms with Gasteiger partial charge in [-0.1, -0.05) is 30.3 Å². The first kappa shape index (κ1) is 16.4. The van der Waals surface area contributed by atoms with Gasteiger partial charge in [-0.3, -0.25) is 4.79 Å². The zero-order valence-corrected chi connectivity index (χ0v) is 11.4. The number of aliphatic hydroxyl groups is 3.